The molecule has 0 heterocycles. The van der Waals surface area contributed by atoms with E-state index < -0.39 is 17.9 Å². The minimum Gasteiger partial charge on any atom is -0.480 e. The normalized spacial score (nSPS) is 11.9. The third kappa shape index (κ3) is 5.28. The minimum absolute atomic E-state index is 0.315. The van der Waals surface area contributed by atoms with Crippen molar-refractivity contribution in [1.82, 2.24) is 5.32 Å². The molecule has 0 saturated carbocycles. The maximum atomic E-state index is 11.9. The van der Waals surface area contributed by atoms with Crippen LogP contribution < -0.4 is 5.32 Å². The van der Waals surface area contributed by atoms with Gasteiger partial charge in [0.2, 0.25) is 0 Å². The Hall–Kier alpha value is -1.59. The van der Waals surface area contributed by atoms with E-state index in [1.165, 1.54) is 6.07 Å². The number of ether oxygens (including phenoxy) is 1. The lowest BCUT2D eigenvalue weighted by Gasteiger charge is -2.14. The van der Waals surface area contributed by atoms with E-state index >= 15 is 0 Å². The van der Waals surface area contributed by atoms with Gasteiger partial charge in [-0.3, -0.25) is 4.79 Å². The molecular weight excluding hydrogens is 270 g/mol. The van der Waals surface area contributed by atoms with E-state index in [4.69, 9.17) is 21.4 Å². The van der Waals surface area contributed by atoms with E-state index in [2.05, 4.69) is 5.32 Å². The summed E-state index contributed by atoms with van der Waals surface area (Å²) in [6, 6.07) is 5.42. The SMILES string of the molecule is COCCCC(NC(=O)c1cccc(Cl)c1)C(=O)O. The van der Waals surface area contributed by atoms with Gasteiger partial charge >= 0.3 is 5.97 Å². The van der Waals surface area contributed by atoms with Gasteiger partial charge in [-0.25, -0.2) is 4.79 Å². The highest BCUT2D eigenvalue weighted by atomic mass is 35.5. The number of carboxylic acid groups (broad SMARTS) is 1. The van der Waals surface area contributed by atoms with Gasteiger partial charge in [0, 0.05) is 24.3 Å². The Kier molecular flexibility index (Phi) is 6.32. The van der Waals surface area contributed by atoms with Crippen LogP contribution >= 0.6 is 11.6 Å². The number of rotatable bonds is 7. The highest BCUT2D eigenvalue weighted by Gasteiger charge is 2.20. The standard InChI is InChI=1S/C13H16ClNO4/c1-19-7-3-6-11(13(17)18)15-12(16)9-4-2-5-10(14)8-9/h2,4-5,8,11H,3,6-7H2,1H3,(H,15,16)(H,17,18). The molecule has 2 N–H and O–H groups in total. The number of benzene rings is 1. The lowest BCUT2D eigenvalue weighted by molar-refractivity contribution is -0.139. The smallest absolute Gasteiger partial charge is 0.326 e. The Bertz CT molecular complexity index is 450. The van der Waals surface area contributed by atoms with Gasteiger partial charge in [-0.05, 0) is 31.0 Å². The summed E-state index contributed by atoms with van der Waals surface area (Å²) in [5.74, 6) is -1.52. The third-order valence-corrected chi connectivity index (χ3v) is 2.77. The molecule has 0 aliphatic carbocycles. The topological polar surface area (TPSA) is 75.6 Å². The first-order valence-electron chi connectivity index (χ1n) is 5.82. The number of carboxylic acids is 1. The number of hydrogen-bond acceptors (Lipinski definition) is 3. The molecule has 104 valence electrons. The van der Waals surface area contributed by atoms with Crippen molar-refractivity contribution in [2.75, 3.05) is 13.7 Å². The molecule has 0 aliphatic heterocycles. The number of methoxy groups -OCH3 is 1. The van der Waals surface area contributed by atoms with Crippen LogP contribution in [0.4, 0.5) is 0 Å². The highest BCUT2D eigenvalue weighted by Crippen LogP contribution is 2.11. The van der Waals surface area contributed by atoms with Crippen molar-refractivity contribution >= 4 is 23.5 Å². The summed E-state index contributed by atoms with van der Waals surface area (Å²) < 4.78 is 4.85. The minimum atomic E-state index is -1.06. The molecule has 6 heteroatoms. The summed E-state index contributed by atoms with van der Waals surface area (Å²) in [5.41, 5.74) is 0.338. The predicted octanol–water partition coefficient (Wildman–Crippen LogP) is 1.95. The van der Waals surface area contributed by atoms with Crippen molar-refractivity contribution in [3.8, 4) is 0 Å². The van der Waals surface area contributed by atoms with Crippen LogP contribution in [0.1, 0.15) is 23.2 Å². The van der Waals surface area contributed by atoms with Gasteiger partial charge in [0.1, 0.15) is 6.04 Å². The number of hydrogen-bond donors (Lipinski definition) is 2. The largest absolute Gasteiger partial charge is 0.480 e. The van der Waals surface area contributed by atoms with E-state index in [1.807, 2.05) is 0 Å². The van der Waals surface area contributed by atoms with Crippen LogP contribution in [0.5, 0.6) is 0 Å². The lowest BCUT2D eigenvalue weighted by atomic mass is 10.1. The first-order valence-corrected chi connectivity index (χ1v) is 6.20. The fraction of sp³-hybridized carbons (Fsp3) is 0.385. The summed E-state index contributed by atoms with van der Waals surface area (Å²) in [6.07, 6.45) is 0.874. The predicted molar refractivity (Wildman–Crippen MR) is 71.5 cm³/mol. The second kappa shape index (κ2) is 7.76. The van der Waals surface area contributed by atoms with Crippen molar-refractivity contribution in [2.24, 2.45) is 0 Å². The first kappa shape index (κ1) is 15.5. The number of nitrogens with one attached hydrogen (secondary N) is 1. The van der Waals surface area contributed by atoms with Crippen molar-refractivity contribution in [3.63, 3.8) is 0 Å². The van der Waals surface area contributed by atoms with E-state index in [-0.39, 0.29) is 0 Å². The van der Waals surface area contributed by atoms with Crippen LogP contribution in [0, 0.1) is 0 Å². The van der Waals surface area contributed by atoms with Crippen molar-refractivity contribution in [3.05, 3.63) is 34.9 Å². The molecule has 0 bridgehead atoms. The zero-order chi connectivity index (χ0) is 14.3. The fourth-order valence-electron chi connectivity index (χ4n) is 1.56. The molecule has 1 atom stereocenters. The molecule has 0 spiro atoms. The van der Waals surface area contributed by atoms with Crippen LogP contribution in [0.25, 0.3) is 0 Å². The molecule has 0 aliphatic rings. The Morgan fingerprint density at radius 2 is 2.21 bits per heavy atom. The van der Waals surface area contributed by atoms with Crippen molar-refractivity contribution in [1.29, 1.82) is 0 Å². The zero-order valence-corrected chi connectivity index (χ0v) is 11.3. The van der Waals surface area contributed by atoms with Crippen molar-refractivity contribution < 1.29 is 19.4 Å². The Morgan fingerprint density at radius 1 is 1.47 bits per heavy atom. The lowest BCUT2D eigenvalue weighted by Crippen LogP contribution is -2.40. The summed E-state index contributed by atoms with van der Waals surface area (Å²) in [5, 5.41) is 11.9. The molecule has 5 nitrogen and oxygen atoms in total. The summed E-state index contributed by atoms with van der Waals surface area (Å²) in [4.78, 5) is 22.9. The Morgan fingerprint density at radius 3 is 2.79 bits per heavy atom. The van der Waals surface area contributed by atoms with Gasteiger partial charge in [0.25, 0.3) is 5.91 Å². The second-order valence-corrected chi connectivity index (χ2v) is 4.45. The molecule has 0 radical (unpaired) electrons. The zero-order valence-electron chi connectivity index (χ0n) is 10.6. The summed E-state index contributed by atoms with van der Waals surface area (Å²) in [6.45, 7) is 0.455. The quantitative estimate of drug-likeness (QED) is 0.751. The van der Waals surface area contributed by atoms with Crippen LogP contribution in [0.15, 0.2) is 24.3 Å². The third-order valence-electron chi connectivity index (χ3n) is 2.53. The van der Waals surface area contributed by atoms with Gasteiger partial charge in [-0.15, -0.1) is 0 Å². The van der Waals surface area contributed by atoms with Crippen LogP contribution in [0.2, 0.25) is 5.02 Å². The highest BCUT2D eigenvalue weighted by molar-refractivity contribution is 6.30. The summed E-state index contributed by atoms with van der Waals surface area (Å²) in [7, 11) is 1.54. The average molecular weight is 286 g/mol. The van der Waals surface area contributed by atoms with Gasteiger partial charge in [-0.2, -0.15) is 0 Å². The molecule has 1 rings (SSSR count). The van der Waals surface area contributed by atoms with E-state index in [1.54, 1.807) is 25.3 Å². The number of aliphatic carboxylic acids is 1. The molecule has 0 aromatic heterocycles. The first-order chi connectivity index (χ1) is 9.04. The molecule has 1 amide bonds. The number of carbonyl (C=O) groups is 2. The molecule has 1 unspecified atom stereocenters. The van der Waals surface area contributed by atoms with E-state index in [0.717, 1.165) is 0 Å². The van der Waals surface area contributed by atoms with Gasteiger partial charge in [0.15, 0.2) is 0 Å². The van der Waals surface area contributed by atoms with Gasteiger partial charge in [0.05, 0.1) is 0 Å². The maximum Gasteiger partial charge on any atom is 0.326 e. The van der Waals surface area contributed by atoms with Gasteiger partial charge < -0.3 is 15.2 Å². The van der Waals surface area contributed by atoms with E-state index in [0.29, 0.717) is 30.0 Å². The van der Waals surface area contributed by atoms with Gasteiger partial charge in [-0.1, -0.05) is 17.7 Å². The number of carbonyl (C=O) groups excluding carboxylic acids is 1. The fourth-order valence-corrected chi connectivity index (χ4v) is 1.75. The second-order valence-electron chi connectivity index (χ2n) is 4.01. The van der Waals surface area contributed by atoms with Crippen LogP contribution in [-0.2, 0) is 9.53 Å². The maximum absolute atomic E-state index is 11.9. The molecule has 0 saturated heterocycles. The molecule has 19 heavy (non-hydrogen) atoms. The number of amides is 1. The average Bonchev–Trinajstić information content (AvgIpc) is 2.37. The van der Waals surface area contributed by atoms with E-state index in [9.17, 15) is 9.59 Å². The molecule has 1 aromatic rings. The molecule has 0 fully saturated rings. The monoisotopic (exact) mass is 285 g/mol. The summed E-state index contributed by atoms with van der Waals surface area (Å²) >= 11 is 5.78. The van der Waals surface area contributed by atoms with Crippen LogP contribution in [0.3, 0.4) is 0 Å². The van der Waals surface area contributed by atoms with Crippen LogP contribution in [-0.4, -0.2) is 36.7 Å². The molecular formula is C13H16ClNO4. The molecule has 1 aromatic carbocycles. The Balaban J connectivity index is 2.63. The van der Waals surface area contributed by atoms with Crippen molar-refractivity contribution in [2.45, 2.75) is 18.9 Å². The number of halogens is 1. The Labute approximate surface area is 116 Å².